The largest absolute Gasteiger partial charge is 0.462 e. The minimum atomic E-state index is -1.15. The number of ether oxygens (including phenoxy) is 2. The maximum Gasteiger partial charge on any atom is 0.335 e. The molecule has 6 nitrogen and oxygen atoms in total. The van der Waals surface area contributed by atoms with Gasteiger partial charge >= 0.3 is 5.97 Å². The summed E-state index contributed by atoms with van der Waals surface area (Å²) in [4.78, 5) is 21.3. The van der Waals surface area contributed by atoms with E-state index in [0.29, 0.717) is 38.1 Å². The van der Waals surface area contributed by atoms with Gasteiger partial charge in [0.15, 0.2) is 23.3 Å². The van der Waals surface area contributed by atoms with Crippen LogP contribution in [0.25, 0.3) is 11.1 Å². The summed E-state index contributed by atoms with van der Waals surface area (Å²) < 4.78 is 70.5. The summed E-state index contributed by atoms with van der Waals surface area (Å²) in [6, 6.07) is 5.66. The van der Waals surface area contributed by atoms with Crippen LogP contribution in [-0.2, 0) is 25.5 Å². The normalized spacial score (nSPS) is 16.5. The molecule has 10 heteroatoms. The predicted molar refractivity (Wildman–Crippen MR) is 174 cm³/mol. The van der Waals surface area contributed by atoms with Crippen molar-refractivity contribution in [3.8, 4) is 11.1 Å². The van der Waals surface area contributed by atoms with Crippen LogP contribution in [0.5, 0.6) is 0 Å². The average molecular weight is 665 g/mol. The molecule has 47 heavy (non-hydrogen) atoms. The number of carbonyl (C=O) groups excluding carboxylic acids is 2. The fourth-order valence-electron chi connectivity index (χ4n) is 5.73. The smallest absolute Gasteiger partial charge is 0.335 e. The molecule has 0 aromatic heterocycles. The molecule has 1 unspecified atom stereocenters. The number of rotatable bonds is 17. The minimum Gasteiger partial charge on any atom is -0.462 e. The van der Waals surface area contributed by atoms with Gasteiger partial charge in [0, 0.05) is 29.7 Å². The molecule has 2 aromatic carbocycles. The average Bonchev–Trinajstić information content (AvgIpc) is 3.09. The number of benzene rings is 2. The van der Waals surface area contributed by atoms with E-state index in [0.717, 1.165) is 44.9 Å². The van der Waals surface area contributed by atoms with Crippen LogP contribution in [-0.4, -0.2) is 56.0 Å². The maximum absolute atomic E-state index is 15.2. The van der Waals surface area contributed by atoms with Gasteiger partial charge in [0.1, 0.15) is 6.29 Å². The number of aliphatic hydroxyl groups excluding tert-OH is 2. The Hall–Kier alpha value is -3.34. The molecule has 3 rings (SSSR count). The van der Waals surface area contributed by atoms with E-state index in [-0.39, 0.29) is 58.4 Å². The van der Waals surface area contributed by atoms with Crippen molar-refractivity contribution < 1.29 is 46.8 Å². The van der Waals surface area contributed by atoms with Crippen molar-refractivity contribution in [3.63, 3.8) is 0 Å². The molecule has 1 aliphatic carbocycles. The lowest BCUT2D eigenvalue weighted by Crippen LogP contribution is -2.22. The van der Waals surface area contributed by atoms with Gasteiger partial charge < -0.3 is 19.7 Å². The van der Waals surface area contributed by atoms with Crippen molar-refractivity contribution in [1.29, 1.82) is 0 Å². The van der Waals surface area contributed by atoms with E-state index in [1.54, 1.807) is 7.11 Å². The molecule has 0 spiro atoms. The number of methoxy groups -OCH3 is 1. The van der Waals surface area contributed by atoms with Crippen molar-refractivity contribution >= 4 is 12.3 Å². The lowest BCUT2D eigenvalue weighted by atomic mass is 9.76. The Bertz CT molecular complexity index is 1340. The molecule has 0 aliphatic heterocycles. The highest BCUT2D eigenvalue weighted by atomic mass is 19.2. The number of hydrogen-bond acceptors (Lipinski definition) is 6. The molecule has 2 N–H and O–H groups in total. The first-order chi connectivity index (χ1) is 22.5. The summed E-state index contributed by atoms with van der Waals surface area (Å²) in [5, 5.41) is 17.0. The highest BCUT2D eigenvalue weighted by molar-refractivity contribution is 5.87. The molecule has 1 aliphatic rings. The Morgan fingerprint density at radius 1 is 0.915 bits per heavy atom. The number of aldehydes is 1. The first-order valence-corrected chi connectivity index (χ1v) is 16.2. The van der Waals surface area contributed by atoms with Crippen LogP contribution in [0.4, 0.5) is 17.6 Å². The summed E-state index contributed by atoms with van der Waals surface area (Å²) in [7, 11) is 1.58. The molecular formula is C37H48F4O6. The van der Waals surface area contributed by atoms with E-state index in [1.165, 1.54) is 24.3 Å². The number of halogens is 4. The van der Waals surface area contributed by atoms with Gasteiger partial charge in [0.25, 0.3) is 0 Å². The second-order valence-electron chi connectivity index (χ2n) is 12.1. The topological polar surface area (TPSA) is 93.1 Å². The fourth-order valence-corrected chi connectivity index (χ4v) is 5.73. The van der Waals surface area contributed by atoms with Crippen LogP contribution in [0.3, 0.4) is 0 Å². The van der Waals surface area contributed by atoms with E-state index in [1.807, 2.05) is 6.92 Å². The second-order valence-corrected chi connectivity index (χ2v) is 12.1. The van der Waals surface area contributed by atoms with Crippen molar-refractivity contribution in [1.82, 2.24) is 0 Å². The van der Waals surface area contributed by atoms with E-state index in [9.17, 15) is 18.4 Å². The zero-order valence-corrected chi connectivity index (χ0v) is 27.5. The third-order valence-corrected chi connectivity index (χ3v) is 8.59. The Balaban J connectivity index is 0.00000117. The Labute approximate surface area is 275 Å². The number of unbranched alkanes of at least 4 members (excludes halogenated alkanes) is 2. The third-order valence-electron chi connectivity index (χ3n) is 8.59. The zero-order chi connectivity index (χ0) is 34.9. The number of esters is 1. The van der Waals surface area contributed by atoms with Gasteiger partial charge in [-0.25, -0.2) is 22.4 Å². The standard InChI is InChI=1S/C33H42F4O4.C4H6O2/c1-4-5-6-7-25-14-15-27(31(36)29(25)34)28-17-16-26(30(35)32(28)37)24-12-10-22(11-13-24)8-9-23(19-40-3)20-41-33(39)21(2)18-38;1-4(2-5)3-6/h14-17,22-24,38H,2,4-13,18-20H2,1,3H3;2,6H,1,3H2. The van der Waals surface area contributed by atoms with Gasteiger partial charge in [-0.2, -0.15) is 0 Å². The fraction of sp³-hybridized carbons (Fsp3) is 0.514. The van der Waals surface area contributed by atoms with Crippen LogP contribution in [0.2, 0.25) is 0 Å². The van der Waals surface area contributed by atoms with E-state index in [2.05, 4.69) is 13.2 Å². The molecule has 1 saturated carbocycles. The van der Waals surface area contributed by atoms with E-state index >= 15 is 8.78 Å². The molecule has 1 atom stereocenters. The van der Waals surface area contributed by atoms with Gasteiger partial charge in [0.05, 0.1) is 32.0 Å². The first-order valence-electron chi connectivity index (χ1n) is 16.2. The quantitative estimate of drug-likeness (QED) is 0.0590. The first kappa shape index (κ1) is 39.8. The monoisotopic (exact) mass is 664 g/mol. The summed E-state index contributed by atoms with van der Waals surface area (Å²) >= 11 is 0. The number of carbonyl (C=O) groups is 2. The number of aliphatic hydroxyl groups is 2. The Kier molecular flexibility index (Phi) is 17.6. The van der Waals surface area contributed by atoms with E-state index in [4.69, 9.17) is 19.7 Å². The third kappa shape index (κ3) is 12.0. The molecule has 0 bridgehead atoms. The van der Waals surface area contributed by atoms with Crippen molar-refractivity contribution in [3.05, 3.63) is 83.0 Å². The summed E-state index contributed by atoms with van der Waals surface area (Å²) in [6.45, 7) is 8.57. The van der Waals surface area contributed by atoms with Crippen LogP contribution in [0, 0.1) is 35.1 Å². The highest BCUT2D eigenvalue weighted by Gasteiger charge is 2.28. The lowest BCUT2D eigenvalue weighted by Gasteiger charge is -2.30. The maximum atomic E-state index is 15.2. The molecule has 1 fully saturated rings. The number of hydrogen-bond donors (Lipinski definition) is 2. The molecule has 260 valence electrons. The molecule has 0 radical (unpaired) electrons. The molecular weight excluding hydrogens is 616 g/mol. The van der Waals surface area contributed by atoms with Crippen LogP contribution >= 0.6 is 0 Å². The Morgan fingerprint density at radius 2 is 1.55 bits per heavy atom. The van der Waals surface area contributed by atoms with Crippen molar-refractivity contribution in [2.45, 2.75) is 77.0 Å². The van der Waals surface area contributed by atoms with Crippen LogP contribution in [0.15, 0.2) is 48.6 Å². The summed E-state index contributed by atoms with van der Waals surface area (Å²) in [5.41, 5.74) is 0.194. The Morgan fingerprint density at radius 3 is 2.11 bits per heavy atom. The zero-order valence-electron chi connectivity index (χ0n) is 27.5. The molecule has 0 heterocycles. The second kappa shape index (κ2) is 20.8. The summed E-state index contributed by atoms with van der Waals surface area (Å²) in [6.07, 6.45) is 8.24. The molecule has 0 amide bonds. The van der Waals surface area contributed by atoms with Gasteiger partial charge in [-0.1, -0.05) is 57.2 Å². The molecule has 0 saturated heterocycles. The van der Waals surface area contributed by atoms with Gasteiger partial charge in [-0.3, -0.25) is 4.79 Å². The van der Waals surface area contributed by atoms with Gasteiger partial charge in [0.2, 0.25) is 0 Å². The predicted octanol–water partition coefficient (Wildman–Crippen LogP) is 7.78. The van der Waals surface area contributed by atoms with Crippen LogP contribution < -0.4 is 0 Å². The SMILES string of the molecule is C=C(C=O)CO.C=C(CO)C(=O)OCC(CCC1CCC(c2ccc(-c3ccc(CCCCC)c(F)c3F)c(F)c2F)CC1)COC. The lowest BCUT2D eigenvalue weighted by molar-refractivity contribution is -0.141. The van der Waals surface area contributed by atoms with Crippen molar-refractivity contribution in [2.75, 3.05) is 33.5 Å². The summed E-state index contributed by atoms with van der Waals surface area (Å²) in [5.74, 6) is -4.67. The van der Waals surface area contributed by atoms with Gasteiger partial charge in [-0.05, 0) is 74.3 Å². The minimum absolute atomic E-state index is 0.00268. The highest BCUT2D eigenvalue weighted by Crippen LogP contribution is 2.41. The van der Waals surface area contributed by atoms with Gasteiger partial charge in [-0.15, -0.1) is 0 Å². The van der Waals surface area contributed by atoms with Crippen LogP contribution in [0.1, 0.15) is 81.8 Å². The van der Waals surface area contributed by atoms with Crippen molar-refractivity contribution in [2.24, 2.45) is 11.8 Å². The number of aryl methyl sites for hydroxylation is 1. The van der Waals surface area contributed by atoms with E-state index < -0.39 is 35.8 Å². The molecule has 2 aromatic rings.